The van der Waals surface area contributed by atoms with Gasteiger partial charge < -0.3 is 9.47 Å². The lowest BCUT2D eigenvalue weighted by Crippen LogP contribution is -1.98. The lowest BCUT2D eigenvalue weighted by Gasteiger charge is -2.08. The zero-order chi connectivity index (χ0) is 17.6. The van der Waals surface area contributed by atoms with Crippen LogP contribution in [0.25, 0.3) is 11.3 Å². The van der Waals surface area contributed by atoms with E-state index in [-0.39, 0.29) is 0 Å². The van der Waals surface area contributed by atoms with Crippen molar-refractivity contribution in [1.29, 1.82) is 0 Å². The van der Waals surface area contributed by atoms with Crippen molar-refractivity contribution in [3.05, 3.63) is 85.1 Å². The Hall–Kier alpha value is -3.67. The molecular weight excluding hydrogens is 328 g/mol. The van der Waals surface area contributed by atoms with Crippen LogP contribution >= 0.6 is 0 Å². The monoisotopic (exact) mass is 344 g/mol. The van der Waals surface area contributed by atoms with E-state index in [4.69, 9.17) is 9.47 Å². The van der Waals surface area contributed by atoms with Gasteiger partial charge in [0.2, 0.25) is 0 Å². The summed E-state index contributed by atoms with van der Waals surface area (Å²) < 4.78 is 11.6. The van der Waals surface area contributed by atoms with Crippen LogP contribution in [0.2, 0.25) is 0 Å². The van der Waals surface area contributed by atoms with Gasteiger partial charge in [-0.2, -0.15) is 5.10 Å². The number of aromatic nitrogens is 4. The van der Waals surface area contributed by atoms with E-state index in [0.717, 1.165) is 34.2 Å². The second-order valence-corrected chi connectivity index (χ2v) is 5.55. The molecule has 0 radical (unpaired) electrons. The van der Waals surface area contributed by atoms with Crippen LogP contribution in [-0.2, 0) is 6.61 Å². The highest BCUT2D eigenvalue weighted by molar-refractivity contribution is 5.59. The summed E-state index contributed by atoms with van der Waals surface area (Å²) in [5.41, 5.74) is 2.81. The molecule has 0 saturated carbocycles. The quantitative estimate of drug-likeness (QED) is 0.566. The molecule has 0 saturated heterocycles. The van der Waals surface area contributed by atoms with Crippen LogP contribution in [-0.4, -0.2) is 20.2 Å². The van der Waals surface area contributed by atoms with Gasteiger partial charge >= 0.3 is 0 Å². The van der Waals surface area contributed by atoms with Gasteiger partial charge in [0.15, 0.2) is 0 Å². The molecule has 26 heavy (non-hydrogen) atoms. The van der Waals surface area contributed by atoms with Crippen LogP contribution < -0.4 is 9.47 Å². The minimum Gasteiger partial charge on any atom is -0.487 e. The highest BCUT2D eigenvalue weighted by atomic mass is 16.5. The number of ether oxygens (including phenoxy) is 2. The van der Waals surface area contributed by atoms with Crippen LogP contribution in [0.1, 0.15) is 5.69 Å². The Morgan fingerprint density at radius 3 is 2.15 bits per heavy atom. The molecule has 0 atom stereocenters. The number of aromatic amines is 1. The third kappa shape index (κ3) is 3.87. The predicted molar refractivity (Wildman–Crippen MR) is 96.9 cm³/mol. The lowest BCUT2D eigenvalue weighted by atomic mass is 10.1. The van der Waals surface area contributed by atoms with Crippen LogP contribution in [0, 0.1) is 0 Å². The van der Waals surface area contributed by atoms with Gasteiger partial charge in [0.05, 0.1) is 17.6 Å². The van der Waals surface area contributed by atoms with Crippen LogP contribution in [0.15, 0.2) is 79.4 Å². The summed E-state index contributed by atoms with van der Waals surface area (Å²) in [5.74, 6) is 2.25. The first-order valence-electron chi connectivity index (χ1n) is 8.12. The third-order valence-electron chi connectivity index (χ3n) is 3.73. The van der Waals surface area contributed by atoms with Crippen LogP contribution in [0.3, 0.4) is 0 Å². The summed E-state index contributed by atoms with van der Waals surface area (Å²) in [7, 11) is 0. The Morgan fingerprint density at radius 2 is 1.50 bits per heavy atom. The summed E-state index contributed by atoms with van der Waals surface area (Å²) >= 11 is 0. The molecule has 2 heterocycles. The van der Waals surface area contributed by atoms with E-state index in [1.807, 2.05) is 54.6 Å². The zero-order valence-corrected chi connectivity index (χ0v) is 13.9. The molecule has 4 aromatic rings. The summed E-state index contributed by atoms with van der Waals surface area (Å²) in [5, 5.41) is 6.90. The number of hydrogen-bond donors (Lipinski definition) is 1. The zero-order valence-electron chi connectivity index (χ0n) is 13.9. The van der Waals surface area contributed by atoms with E-state index < -0.39 is 0 Å². The SMILES string of the molecule is c1cnc(COc2ccc(Oc3ccc(-c4ccn[nH]4)cc3)cc2)cn1. The van der Waals surface area contributed by atoms with Crippen molar-refractivity contribution < 1.29 is 9.47 Å². The molecule has 6 heteroatoms. The van der Waals surface area contributed by atoms with E-state index in [0.29, 0.717) is 6.61 Å². The van der Waals surface area contributed by atoms with Gasteiger partial charge in [0.25, 0.3) is 0 Å². The second-order valence-electron chi connectivity index (χ2n) is 5.55. The number of rotatable bonds is 6. The van der Waals surface area contributed by atoms with Crippen molar-refractivity contribution in [3.8, 4) is 28.5 Å². The van der Waals surface area contributed by atoms with E-state index in [1.54, 1.807) is 24.8 Å². The first-order chi connectivity index (χ1) is 12.9. The Morgan fingerprint density at radius 1 is 0.769 bits per heavy atom. The van der Waals surface area contributed by atoms with Crippen molar-refractivity contribution >= 4 is 0 Å². The fraction of sp³-hybridized carbons (Fsp3) is 0.0500. The highest BCUT2D eigenvalue weighted by Crippen LogP contribution is 2.26. The van der Waals surface area contributed by atoms with Crippen LogP contribution in [0.5, 0.6) is 17.2 Å². The Balaban J connectivity index is 1.36. The maximum absolute atomic E-state index is 5.86. The van der Waals surface area contributed by atoms with Crippen LogP contribution in [0.4, 0.5) is 0 Å². The normalized spacial score (nSPS) is 10.5. The van der Waals surface area contributed by atoms with Crippen molar-refractivity contribution in [2.45, 2.75) is 6.61 Å². The van der Waals surface area contributed by atoms with E-state index in [1.165, 1.54) is 0 Å². The summed E-state index contributed by atoms with van der Waals surface area (Å²) in [6.45, 7) is 0.378. The second kappa shape index (κ2) is 7.48. The number of benzene rings is 2. The number of nitrogens with one attached hydrogen (secondary N) is 1. The Labute approximate surface area is 150 Å². The van der Waals surface area contributed by atoms with Gasteiger partial charge in [-0.25, -0.2) is 0 Å². The molecule has 128 valence electrons. The molecular formula is C20H16N4O2. The van der Waals surface area contributed by atoms with E-state index >= 15 is 0 Å². The van der Waals surface area contributed by atoms with Crippen molar-refractivity contribution in [3.63, 3.8) is 0 Å². The first-order valence-corrected chi connectivity index (χ1v) is 8.12. The molecule has 2 aromatic carbocycles. The lowest BCUT2D eigenvalue weighted by molar-refractivity contribution is 0.300. The molecule has 1 N–H and O–H groups in total. The molecule has 0 aliphatic rings. The van der Waals surface area contributed by atoms with E-state index in [2.05, 4.69) is 20.2 Å². The summed E-state index contributed by atoms with van der Waals surface area (Å²) in [4.78, 5) is 8.19. The van der Waals surface area contributed by atoms with Gasteiger partial charge in [-0.1, -0.05) is 0 Å². The molecule has 2 aromatic heterocycles. The van der Waals surface area contributed by atoms with Gasteiger partial charge in [-0.15, -0.1) is 0 Å². The molecule has 0 amide bonds. The average Bonchev–Trinajstić information content (AvgIpc) is 3.24. The van der Waals surface area contributed by atoms with Crippen molar-refractivity contribution in [1.82, 2.24) is 20.2 Å². The molecule has 0 aliphatic carbocycles. The standard InChI is InChI=1S/C20H16N4O2/c1-3-18(4-2-15(1)20-9-10-23-24-20)26-19-7-5-17(6-8-19)25-14-16-13-21-11-12-22-16/h1-13H,14H2,(H,23,24). The van der Waals surface area contributed by atoms with Crippen molar-refractivity contribution in [2.24, 2.45) is 0 Å². The third-order valence-corrected chi connectivity index (χ3v) is 3.73. The molecule has 0 unspecified atom stereocenters. The van der Waals surface area contributed by atoms with Gasteiger partial charge in [-0.05, 0) is 60.2 Å². The smallest absolute Gasteiger partial charge is 0.132 e. The largest absolute Gasteiger partial charge is 0.487 e. The van der Waals surface area contributed by atoms with Gasteiger partial charge in [0, 0.05) is 18.6 Å². The topological polar surface area (TPSA) is 72.9 Å². The molecule has 0 bridgehead atoms. The summed E-state index contributed by atoms with van der Waals surface area (Å²) in [6.07, 6.45) is 6.70. The minimum absolute atomic E-state index is 0.378. The Bertz CT molecular complexity index is 938. The molecule has 0 aliphatic heterocycles. The Kier molecular flexibility index (Phi) is 4.56. The van der Waals surface area contributed by atoms with E-state index in [9.17, 15) is 0 Å². The minimum atomic E-state index is 0.378. The van der Waals surface area contributed by atoms with Gasteiger partial charge in [-0.3, -0.25) is 15.1 Å². The molecule has 0 fully saturated rings. The van der Waals surface area contributed by atoms with Crippen molar-refractivity contribution in [2.75, 3.05) is 0 Å². The van der Waals surface area contributed by atoms with Gasteiger partial charge in [0.1, 0.15) is 23.9 Å². The fourth-order valence-corrected chi connectivity index (χ4v) is 2.42. The molecule has 4 rings (SSSR count). The highest BCUT2D eigenvalue weighted by Gasteiger charge is 2.02. The number of nitrogens with zero attached hydrogens (tertiary/aromatic N) is 3. The predicted octanol–water partition coefficient (Wildman–Crippen LogP) is 4.24. The molecule has 6 nitrogen and oxygen atoms in total. The average molecular weight is 344 g/mol. The summed E-state index contributed by atoms with van der Waals surface area (Å²) in [6, 6.07) is 17.2. The fourth-order valence-electron chi connectivity index (χ4n) is 2.42. The number of hydrogen-bond acceptors (Lipinski definition) is 5. The maximum Gasteiger partial charge on any atom is 0.132 e. The first kappa shape index (κ1) is 15.8. The maximum atomic E-state index is 5.86. The molecule has 0 spiro atoms. The number of H-pyrrole nitrogens is 1.